The Balaban J connectivity index is 1.66. The molecule has 1 atom stereocenters. The van der Waals surface area contributed by atoms with Crippen LogP contribution in [0.3, 0.4) is 0 Å². The van der Waals surface area contributed by atoms with E-state index in [0.717, 1.165) is 37.2 Å². The predicted molar refractivity (Wildman–Crippen MR) is 151 cm³/mol. The number of hydrogen-bond donors (Lipinski definition) is 0. The van der Waals surface area contributed by atoms with Gasteiger partial charge in [0.2, 0.25) is 0 Å². The number of hydrogen-bond acceptors (Lipinski definition) is 3. The first kappa shape index (κ1) is 22.4. The molecule has 0 radical (unpaired) electrons. The van der Waals surface area contributed by atoms with Crippen LogP contribution in [0.5, 0.6) is 0 Å². The van der Waals surface area contributed by atoms with Gasteiger partial charge in [0.05, 0.1) is 0 Å². The molecule has 1 unspecified atom stereocenters. The zero-order valence-corrected chi connectivity index (χ0v) is 22.5. The molecular formula is C33H26N2OSe. The molecule has 0 bridgehead atoms. The Hall–Kier alpha value is -3.85. The van der Waals surface area contributed by atoms with Gasteiger partial charge in [0.15, 0.2) is 0 Å². The summed E-state index contributed by atoms with van der Waals surface area (Å²) in [6.45, 7) is 4.40. The van der Waals surface area contributed by atoms with Gasteiger partial charge in [-0.05, 0) is 0 Å². The molecule has 180 valence electrons. The standard InChI is InChI=1S/C33H26N2OSe/c1-22(2)23-18-19-29-28(21-23)35-31-26(15-9-17-30(31)37(29)36)33(24-11-5-3-6-12-24,25-13-7-4-8-14-25)27-16-10-20-34-32(27)35/h3-22H,1-2H3. The molecule has 7 rings (SSSR count). The van der Waals surface area contributed by atoms with Crippen molar-refractivity contribution in [3.05, 3.63) is 143 Å². The zero-order valence-electron chi connectivity index (χ0n) is 20.8. The molecule has 0 saturated heterocycles. The minimum atomic E-state index is -2.50. The molecule has 0 saturated carbocycles. The second-order valence-corrected chi connectivity index (χ2v) is 13.0. The Morgan fingerprint density at radius 3 is 2.08 bits per heavy atom. The third-order valence-corrected chi connectivity index (χ3v) is 10.8. The van der Waals surface area contributed by atoms with Gasteiger partial charge >= 0.3 is 222 Å². The number of benzene rings is 4. The first-order chi connectivity index (χ1) is 18.1. The summed E-state index contributed by atoms with van der Waals surface area (Å²) in [5.74, 6) is 1.27. The molecule has 0 aliphatic carbocycles. The summed E-state index contributed by atoms with van der Waals surface area (Å²) < 4.78 is 16.0. The summed E-state index contributed by atoms with van der Waals surface area (Å²) in [5.41, 5.74) is 7.29. The van der Waals surface area contributed by atoms with Gasteiger partial charge in [-0.3, -0.25) is 0 Å². The molecule has 3 nitrogen and oxygen atoms in total. The van der Waals surface area contributed by atoms with Crippen LogP contribution in [0, 0.1) is 0 Å². The summed E-state index contributed by atoms with van der Waals surface area (Å²) in [6.07, 6.45) is 1.87. The Kier molecular flexibility index (Phi) is 5.04. The van der Waals surface area contributed by atoms with Gasteiger partial charge in [-0.2, -0.15) is 0 Å². The fraction of sp³-hybridized carbons (Fsp3) is 0.121. The first-order valence-corrected chi connectivity index (χ1v) is 15.1. The Labute approximate surface area is 221 Å². The molecule has 0 N–H and O–H groups in total. The third-order valence-electron chi connectivity index (χ3n) is 7.73. The molecule has 5 aromatic rings. The van der Waals surface area contributed by atoms with Crippen molar-refractivity contribution in [1.82, 2.24) is 4.98 Å². The van der Waals surface area contributed by atoms with Gasteiger partial charge in [0.25, 0.3) is 0 Å². The van der Waals surface area contributed by atoms with E-state index in [1.165, 1.54) is 16.7 Å². The monoisotopic (exact) mass is 546 g/mol. The van der Waals surface area contributed by atoms with Crippen LogP contribution in [0.4, 0.5) is 17.2 Å². The van der Waals surface area contributed by atoms with Gasteiger partial charge in [-0.1, -0.05) is 0 Å². The van der Waals surface area contributed by atoms with Gasteiger partial charge in [-0.15, -0.1) is 0 Å². The van der Waals surface area contributed by atoms with E-state index in [1.807, 2.05) is 12.3 Å². The summed E-state index contributed by atoms with van der Waals surface area (Å²) >= 11 is -2.50. The third kappa shape index (κ3) is 3.03. The molecule has 2 aliphatic rings. The van der Waals surface area contributed by atoms with E-state index in [4.69, 9.17) is 4.98 Å². The van der Waals surface area contributed by atoms with E-state index in [-0.39, 0.29) is 0 Å². The number of fused-ring (bicyclic) bond motifs is 4. The summed E-state index contributed by atoms with van der Waals surface area (Å²) in [6, 6.07) is 38.4. The van der Waals surface area contributed by atoms with Crippen LogP contribution >= 0.6 is 0 Å². The van der Waals surface area contributed by atoms with E-state index in [2.05, 4.69) is 122 Å². The van der Waals surface area contributed by atoms with Gasteiger partial charge < -0.3 is 0 Å². The molecule has 0 spiro atoms. The van der Waals surface area contributed by atoms with Crippen LogP contribution in [-0.4, -0.2) is 18.8 Å². The van der Waals surface area contributed by atoms with Gasteiger partial charge in [-0.25, -0.2) is 0 Å². The van der Waals surface area contributed by atoms with Crippen molar-refractivity contribution < 1.29 is 3.83 Å². The van der Waals surface area contributed by atoms with Gasteiger partial charge in [0.1, 0.15) is 0 Å². The fourth-order valence-electron chi connectivity index (χ4n) is 6.07. The molecule has 3 heterocycles. The average Bonchev–Trinajstić information content (AvgIpc) is 2.95. The molecule has 2 aliphatic heterocycles. The topological polar surface area (TPSA) is 33.2 Å². The maximum atomic E-state index is 14.2. The number of para-hydroxylation sites is 1. The van der Waals surface area contributed by atoms with E-state index >= 15 is 0 Å². The number of aromatic nitrogens is 1. The SMILES string of the molecule is CC(C)c1ccc2c(c1)N1c3ncccc3C(c3ccccc3)(c3ccccc3)c3cccc(c31)[Se]2=O. The molecule has 1 aromatic heterocycles. The molecule has 4 aromatic carbocycles. The average molecular weight is 546 g/mol. The summed E-state index contributed by atoms with van der Waals surface area (Å²) in [4.78, 5) is 7.31. The van der Waals surface area contributed by atoms with Crippen molar-refractivity contribution in [2.45, 2.75) is 25.2 Å². The molecular weight excluding hydrogens is 519 g/mol. The zero-order chi connectivity index (χ0) is 25.1. The van der Waals surface area contributed by atoms with Crippen LogP contribution in [0.25, 0.3) is 0 Å². The number of nitrogens with zero attached hydrogens (tertiary/aromatic N) is 2. The Morgan fingerprint density at radius 2 is 1.41 bits per heavy atom. The second kappa shape index (κ2) is 8.34. The van der Waals surface area contributed by atoms with Crippen molar-refractivity contribution in [3.8, 4) is 0 Å². The minimum absolute atomic E-state index is 0.368. The van der Waals surface area contributed by atoms with Crippen molar-refractivity contribution in [1.29, 1.82) is 0 Å². The van der Waals surface area contributed by atoms with E-state index in [0.29, 0.717) is 5.92 Å². The van der Waals surface area contributed by atoms with Crippen LogP contribution in [0.2, 0.25) is 0 Å². The number of pyridine rings is 1. The van der Waals surface area contributed by atoms with Crippen molar-refractivity contribution >= 4 is 39.9 Å². The van der Waals surface area contributed by atoms with Gasteiger partial charge in [0, 0.05) is 0 Å². The van der Waals surface area contributed by atoms with Crippen LogP contribution < -0.4 is 13.8 Å². The fourth-order valence-corrected chi connectivity index (χ4v) is 8.89. The molecule has 37 heavy (non-hydrogen) atoms. The van der Waals surface area contributed by atoms with Crippen molar-refractivity contribution in [3.63, 3.8) is 0 Å². The predicted octanol–water partition coefficient (Wildman–Crippen LogP) is 6.22. The van der Waals surface area contributed by atoms with Crippen LogP contribution in [0.1, 0.15) is 47.6 Å². The van der Waals surface area contributed by atoms with E-state index < -0.39 is 19.2 Å². The normalized spacial score (nSPS) is 16.6. The van der Waals surface area contributed by atoms with Crippen molar-refractivity contribution in [2.75, 3.05) is 4.90 Å². The van der Waals surface area contributed by atoms with Crippen LogP contribution in [0.15, 0.2) is 115 Å². The Morgan fingerprint density at radius 1 is 0.730 bits per heavy atom. The summed E-state index contributed by atoms with van der Waals surface area (Å²) in [5, 5.41) is 0. The van der Waals surface area contributed by atoms with E-state index in [9.17, 15) is 3.83 Å². The Bertz CT molecular complexity index is 1640. The first-order valence-electron chi connectivity index (χ1n) is 12.7. The molecule has 0 amide bonds. The second-order valence-electron chi connectivity index (χ2n) is 9.99. The number of anilines is 3. The molecule has 4 heteroatoms. The quantitative estimate of drug-likeness (QED) is 0.247. The summed E-state index contributed by atoms with van der Waals surface area (Å²) in [7, 11) is 0. The van der Waals surface area contributed by atoms with Crippen LogP contribution in [-0.2, 0) is 9.25 Å². The van der Waals surface area contributed by atoms with Crippen molar-refractivity contribution in [2.24, 2.45) is 0 Å². The molecule has 0 fully saturated rings. The van der Waals surface area contributed by atoms with E-state index in [1.54, 1.807) is 0 Å². The number of rotatable bonds is 3. The maximum absolute atomic E-state index is 14.2.